The van der Waals surface area contributed by atoms with Gasteiger partial charge in [0.05, 0.1) is 0 Å². The van der Waals surface area contributed by atoms with Crippen molar-refractivity contribution >= 4 is 5.91 Å². The monoisotopic (exact) mass is 314 g/mol. The van der Waals surface area contributed by atoms with Crippen molar-refractivity contribution in [2.45, 2.75) is 38.9 Å². The summed E-state index contributed by atoms with van der Waals surface area (Å²) in [5, 5.41) is 13.5. The topological polar surface area (TPSA) is 75.9 Å². The molecule has 1 aromatic heterocycles. The van der Waals surface area contributed by atoms with Crippen molar-refractivity contribution in [3.63, 3.8) is 0 Å². The molecule has 0 radical (unpaired) electrons. The highest BCUT2D eigenvalue weighted by atomic mass is 16.2. The molecule has 1 saturated heterocycles. The lowest BCUT2D eigenvalue weighted by molar-refractivity contribution is -0.122. The van der Waals surface area contributed by atoms with Gasteiger partial charge in [-0.2, -0.15) is 0 Å². The molecule has 1 fully saturated rings. The number of carbonyl (C=O) groups excluding carboxylic acids is 1. The Hall–Kier alpha value is -2.28. The molecule has 2 aromatic rings. The molecule has 0 atom stereocenters. The lowest BCUT2D eigenvalue weighted by Crippen LogP contribution is -2.29. The smallest absolute Gasteiger partial charge is 0.242 e. The maximum atomic E-state index is 11.8. The largest absolute Gasteiger partial charge is 0.350 e. The average molecular weight is 314 g/mol. The summed E-state index contributed by atoms with van der Waals surface area (Å²) in [7, 11) is 0. The standard InChI is InChI=1S/C16H22N6O/c23-16(12-22-13-18-19-20-22)17-10-14-4-6-15(7-5-14)11-21-8-2-1-3-9-21/h4-7,13H,1-3,8-12H2,(H,17,23). The number of likely N-dealkylation sites (tertiary alicyclic amines) is 1. The number of rotatable bonds is 6. The summed E-state index contributed by atoms with van der Waals surface area (Å²) >= 11 is 0. The van der Waals surface area contributed by atoms with Gasteiger partial charge in [0.2, 0.25) is 5.91 Å². The Labute approximate surface area is 135 Å². The van der Waals surface area contributed by atoms with Crippen LogP contribution in [0.15, 0.2) is 30.6 Å². The van der Waals surface area contributed by atoms with Gasteiger partial charge in [0.25, 0.3) is 0 Å². The zero-order valence-corrected chi connectivity index (χ0v) is 13.2. The fourth-order valence-electron chi connectivity index (χ4n) is 2.79. The van der Waals surface area contributed by atoms with Gasteiger partial charge < -0.3 is 5.32 Å². The molecule has 1 aromatic carbocycles. The van der Waals surface area contributed by atoms with Crippen molar-refractivity contribution in [1.29, 1.82) is 0 Å². The SMILES string of the molecule is O=C(Cn1cnnn1)NCc1ccc(CN2CCCCC2)cc1. The van der Waals surface area contributed by atoms with E-state index in [1.165, 1.54) is 48.9 Å². The van der Waals surface area contributed by atoms with Gasteiger partial charge in [-0.05, 0) is 47.5 Å². The quantitative estimate of drug-likeness (QED) is 0.860. The van der Waals surface area contributed by atoms with E-state index in [9.17, 15) is 4.79 Å². The first-order valence-electron chi connectivity index (χ1n) is 8.07. The average Bonchev–Trinajstić information content (AvgIpc) is 3.08. The van der Waals surface area contributed by atoms with E-state index in [-0.39, 0.29) is 12.5 Å². The summed E-state index contributed by atoms with van der Waals surface area (Å²) in [5.74, 6) is -0.102. The minimum atomic E-state index is -0.102. The van der Waals surface area contributed by atoms with Crippen LogP contribution in [-0.2, 0) is 24.4 Å². The van der Waals surface area contributed by atoms with E-state index < -0.39 is 0 Å². The lowest BCUT2D eigenvalue weighted by Gasteiger charge is -2.26. The lowest BCUT2D eigenvalue weighted by atomic mass is 10.1. The Morgan fingerprint density at radius 2 is 1.83 bits per heavy atom. The molecule has 1 aliphatic heterocycles. The molecule has 7 nitrogen and oxygen atoms in total. The Morgan fingerprint density at radius 3 is 2.52 bits per heavy atom. The highest BCUT2D eigenvalue weighted by Crippen LogP contribution is 2.13. The third kappa shape index (κ3) is 4.85. The first-order chi connectivity index (χ1) is 11.3. The molecule has 0 unspecified atom stereocenters. The van der Waals surface area contributed by atoms with Crippen molar-refractivity contribution in [2.24, 2.45) is 0 Å². The molecule has 0 bridgehead atoms. The van der Waals surface area contributed by atoms with Gasteiger partial charge in [0.15, 0.2) is 0 Å². The zero-order valence-electron chi connectivity index (χ0n) is 13.2. The highest BCUT2D eigenvalue weighted by molar-refractivity contribution is 5.75. The molecule has 3 rings (SSSR count). The van der Waals surface area contributed by atoms with Crippen molar-refractivity contribution in [1.82, 2.24) is 30.4 Å². The number of hydrogen-bond acceptors (Lipinski definition) is 5. The second-order valence-electron chi connectivity index (χ2n) is 5.94. The van der Waals surface area contributed by atoms with Crippen LogP contribution < -0.4 is 5.32 Å². The second kappa shape index (κ2) is 7.82. The number of benzene rings is 1. The van der Waals surface area contributed by atoms with E-state index in [2.05, 4.69) is 50.0 Å². The van der Waals surface area contributed by atoms with Crippen molar-refractivity contribution in [3.8, 4) is 0 Å². The molecule has 122 valence electrons. The molecule has 0 spiro atoms. The fourth-order valence-corrected chi connectivity index (χ4v) is 2.79. The molecule has 0 aliphatic carbocycles. The number of tetrazole rings is 1. The predicted molar refractivity (Wildman–Crippen MR) is 85.2 cm³/mol. The van der Waals surface area contributed by atoms with Crippen LogP contribution in [0.25, 0.3) is 0 Å². The summed E-state index contributed by atoms with van der Waals surface area (Å²) in [6, 6.07) is 8.46. The molecule has 1 aliphatic rings. The van der Waals surface area contributed by atoms with Gasteiger partial charge in [-0.1, -0.05) is 30.7 Å². The molecular formula is C16H22N6O. The highest BCUT2D eigenvalue weighted by Gasteiger charge is 2.10. The van der Waals surface area contributed by atoms with Crippen LogP contribution in [-0.4, -0.2) is 44.1 Å². The number of hydrogen-bond donors (Lipinski definition) is 1. The second-order valence-corrected chi connectivity index (χ2v) is 5.94. The predicted octanol–water partition coefficient (Wildman–Crippen LogP) is 0.975. The van der Waals surface area contributed by atoms with Crippen LogP contribution in [0.4, 0.5) is 0 Å². The van der Waals surface area contributed by atoms with Crippen LogP contribution in [0.3, 0.4) is 0 Å². The van der Waals surface area contributed by atoms with Gasteiger partial charge in [0.1, 0.15) is 12.9 Å². The number of piperidine rings is 1. The van der Waals surface area contributed by atoms with Crippen molar-refractivity contribution in [2.75, 3.05) is 13.1 Å². The summed E-state index contributed by atoms with van der Waals surface area (Å²) in [4.78, 5) is 14.3. The van der Waals surface area contributed by atoms with Gasteiger partial charge in [0, 0.05) is 13.1 Å². The molecule has 1 amide bonds. The van der Waals surface area contributed by atoms with Crippen LogP contribution in [0, 0.1) is 0 Å². The molecule has 7 heteroatoms. The van der Waals surface area contributed by atoms with E-state index in [0.717, 1.165) is 12.1 Å². The number of nitrogens with one attached hydrogen (secondary N) is 1. The van der Waals surface area contributed by atoms with E-state index in [0.29, 0.717) is 6.54 Å². The molecule has 23 heavy (non-hydrogen) atoms. The summed E-state index contributed by atoms with van der Waals surface area (Å²) in [6.45, 7) is 4.08. The Balaban J connectivity index is 1.44. The van der Waals surface area contributed by atoms with Gasteiger partial charge in [-0.15, -0.1) is 5.10 Å². The normalized spacial score (nSPS) is 15.5. The zero-order chi connectivity index (χ0) is 15.9. The maximum absolute atomic E-state index is 11.8. The van der Waals surface area contributed by atoms with Gasteiger partial charge in [-0.25, -0.2) is 4.68 Å². The van der Waals surface area contributed by atoms with Crippen molar-refractivity contribution in [3.05, 3.63) is 41.7 Å². The third-order valence-electron chi connectivity index (χ3n) is 4.06. The Bertz CT molecular complexity index is 604. The first kappa shape index (κ1) is 15.6. The van der Waals surface area contributed by atoms with Gasteiger partial charge >= 0.3 is 0 Å². The van der Waals surface area contributed by atoms with E-state index in [1.807, 2.05) is 0 Å². The fraction of sp³-hybridized carbons (Fsp3) is 0.500. The van der Waals surface area contributed by atoms with E-state index in [1.54, 1.807) is 0 Å². The third-order valence-corrected chi connectivity index (χ3v) is 4.06. The minimum absolute atomic E-state index is 0.102. The van der Waals surface area contributed by atoms with Crippen LogP contribution >= 0.6 is 0 Å². The van der Waals surface area contributed by atoms with E-state index in [4.69, 9.17) is 0 Å². The van der Waals surface area contributed by atoms with Gasteiger partial charge in [-0.3, -0.25) is 9.69 Å². The summed E-state index contributed by atoms with van der Waals surface area (Å²) < 4.78 is 1.40. The van der Waals surface area contributed by atoms with Crippen molar-refractivity contribution < 1.29 is 4.79 Å². The summed E-state index contributed by atoms with van der Waals surface area (Å²) in [6.07, 6.45) is 5.41. The number of nitrogens with zero attached hydrogens (tertiary/aromatic N) is 5. The Morgan fingerprint density at radius 1 is 1.09 bits per heavy atom. The minimum Gasteiger partial charge on any atom is -0.350 e. The van der Waals surface area contributed by atoms with Crippen LogP contribution in [0.2, 0.25) is 0 Å². The molecule has 2 heterocycles. The number of amides is 1. The van der Waals surface area contributed by atoms with Crippen LogP contribution in [0.5, 0.6) is 0 Å². The Kier molecular flexibility index (Phi) is 5.31. The first-order valence-corrected chi connectivity index (χ1v) is 8.07. The summed E-state index contributed by atoms with van der Waals surface area (Å²) in [5.41, 5.74) is 2.42. The van der Waals surface area contributed by atoms with E-state index >= 15 is 0 Å². The molecule has 0 saturated carbocycles. The molecular weight excluding hydrogens is 292 g/mol. The maximum Gasteiger partial charge on any atom is 0.242 e. The number of aromatic nitrogens is 4. The molecule has 1 N–H and O–H groups in total. The van der Waals surface area contributed by atoms with Crippen LogP contribution in [0.1, 0.15) is 30.4 Å². The number of carbonyl (C=O) groups is 1.